The number of hydrogen-bond donors (Lipinski definition) is 1. The number of thiazole rings is 1. The highest BCUT2D eigenvalue weighted by Crippen LogP contribution is 2.35. The molecule has 0 aliphatic heterocycles. The number of aromatic nitrogens is 1. The highest BCUT2D eigenvalue weighted by atomic mass is 32.1. The van der Waals surface area contributed by atoms with Crippen LogP contribution in [0.25, 0.3) is 9.53 Å². The molecule has 0 saturated carbocycles. The Balaban J connectivity index is 2.24. The smallest absolute Gasteiger partial charge is 0.264 e. The Bertz CT molecular complexity index is 573. The summed E-state index contributed by atoms with van der Waals surface area (Å²) in [6.07, 6.45) is 0. The lowest BCUT2D eigenvalue weighted by Gasteiger charge is -2.18. The van der Waals surface area contributed by atoms with Gasteiger partial charge in [-0.25, -0.2) is 4.98 Å². The van der Waals surface area contributed by atoms with E-state index < -0.39 is 0 Å². The van der Waals surface area contributed by atoms with Crippen molar-refractivity contribution in [3.8, 4) is 0 Å². The van der Waals surface area contributed by atoms with Crippen LogP contribution in [-0.2, 0) is 0 Å². The van der Waals surface area contributed by atoms with Gasteiger partial charge >= 0.3 is 0 Å². The Morgan fingerprint density at radius 2 is 1.95 bits per heavy atom. The van der Waals surface area contributed by atoms with E-state index >= 15 is 0 Å². The Morgan fingerprint density at radius 1 is 1.24 bits per heavy atom. The minimum Gasteiger partial charge on any atom is -0.395 e. The molecule has 0 radical (unpaired) electrons. The monoisotopic (exact) mass is 327 g/mol. The van der Waals surface area contributed by atoms with Crippen molar-refractivity contribution in [3.05, 3.63) is 10.9 Å². The molecule has 0 unspecified atom stereocenters. The molecule has 0 bridgehead atoms. The van der Waals surface area contributed by atoms with Gasteiger partial charge in [-0.15, -0.1) is 11.3 Å². The normalized spacial score (nSPS) is 11.0. The van der Waals surface area contributed by atoms with Gasteiger partial charge in [-0.1, -0.05) is 11.3 Å². The minimum absolute atomic E-state index is 0.0102. The summed E-state index contributed by atoms with van der Waals surface area (Å²) in [6.45, 7) is 8.97. The van der Waals surface area contributed by atoms with Crippen molar-refractivity contribution in [2.75, 3.05) is 37.7 Å². The highest BCUT2D eigenvalue weighted by molar-refractivity contribution is 7.29. The van der Waals surface area contributed by atoms with Crippen molar-refractivity contribution in [2.45, 2.75) is 20.8 Å². The van der Waals surface area contributed by atoms with Crippen LogP contribution in [0.4, 0.5) is 5.13 Å². The maximum absolute atomic E-state index is 12.4. The lowest BCUT2D eigenvalue weighted by Crippen LogP contribution is -2.32. The first kappa shape index (κ1) is 16.2. The molecule has 2 aromatic rings. The molecule has 1 N–H and O–H groups in total. The van der Waals surface area contributed by atoms with Gasteiger partial charge in [-0.3, -0.25) is 4.79 Å². The second-order valence-electron chi connectivity index (χ2n) is 4.56. The summed E-state index contributed by atoms with van der Waals surface area (Å²) < 4.78 is 1.06. The first-order valence-electron chi connectivity index (χ1n) is 7.19. The molecule has 7 heteroatoms. The molecule has 2 heterocycles. The van der Waals surface area contributed by atoms with E-state index in [4.69, 9.17) is 5.11 Å². The molecule has 2 aromatic heterocycles. The second kappa shape index (κ2) is 7.20. The molecule has 0 saturated heterocycles. The molecular formula is C14H21N3O2S2. The van der Waals surface area contributed by atoms with Gasteiger partial charge < -0.3 is 14.9 Å². The number of nitrogens with zero attached hydrogens (tertiary/aromatic N) is 3. The van der Waals surface area contributed by atoms with E-state index in [1.165, 1.54) is 11.3 Å². The third kappa shape index (κ3) is 3.36. The summed E-state index contributed by atoms with van der Waals surface area (Å²) in [4.78, 5) is 22.5. The van der Waals surface area contributed by atoms with Crippen molar-refractivity contribution >= 4 is 43.2 Å². The molecule has 0 aliphatic carbocycles. The molecule has 21 heavy (non-hydrogen) atoms. The van der Waals surface area contributed by atoms with E-state index in [9.17, 15) is 4.79 Å². The zero-order valence-corrected chi connectivity index (χ0v) is 14.3. The number of anilines is 1. The van der Waals surface area contributed by atoms with E-state index in [-0.39, 0.29) is 12.5 Å². The molecular weight excluding hydrogens is 306 g/mol. The SMILES string of the molecule is CCN(CCO)C(=O)c1cc2sc(N(CC)CC)nc2s1. The average Bonchev–Trinajstić information content (AvgIpc) is 3.04. The quantitative estimate of drug-likeness (QED) is 0.849. The minimum atomic E-state index is -0.0221. The lowest BCUT2D eigenvalue weighted by molar-refractivity contribution is 0.0737. The molecule has 0 fully saturated rings. The Kier molecular flexibility index (Phi) is 5.55. The number of thiophene rings is 1. The van der Waals surface area contributed by atoms with E-state index in [1.54, 1.807) is 16.2 Å². The van der Waals surface area contributed by atoms with Gasteiger partial charge in [0.25, 0.3) is 5.91 Å². The number of carbonyl (C=O) groups excluding carboxylic acids is 1. The molecule has 116 valence electrons. The number of amides is 1. The molecule has 0 aliphatic rings. The Hall–Kier alpha value is -1.18. The molecule has 5 nitrogen and oxygen atoms in total. The van der Waals surface area contributed by atoms with Crippen molar-refractivity contribution in [1.29, 1.82) is 0 Å². The van der Waals surface area contributed by atoms with E-state index in [0.717, 1.165) is 27.8 Å². The number of likely N-dealkylation sites (N-methyl/N-ethyl adjacent to an activating group) is 1. The number of aliphatic hydroxyl groups is 1. The van der Waals surface area contributed by atoms with E-state index in [1.807, 2.05) is 13.0 Å². The van der Waals surface area contributed by atoms with E-state index in [0.29, 0.717) is 18.0 Å². The molecule has 2 rings (SSSR count). The van der Waals surface area contributed by atoms with Crippen molar-refractivity contribution in [1.82, 2.24) is 9.88 Å². The molecule has 1 amide bonds. The van der Waals surface area contributed by atoms with Gasteiger partial charge in [0, 0.05) is 26.2 Å². The number of aliphatic hydroxyl groups excluding tert-OH is 1. The first-order chi connectivity index (χ1) is 10.1. The third-order valence-corrected chi connectivity index (χ3v) is 5.57. The van der Waals surface area contributed by atoms with Gasteiger partial charge in [0.15, 0.2) is 5.13 Å². The summed E-state index contributed by atoms with van der Waals surface area (Å²) in [7, 11) is 0. The predicted octanol–water partition coefficient (Wildman–Crippen LogP) is 2.66. The average molecular weight is 327 g/mol. The fourth-order valence-corrected chi connectivity index (χ4v) is 4.44. The van der Waals surface area contributed by atoms with Crippen LogP contribution in [0.2, 0.25) is 0 Å². The predicted molar refractivity (Wildman–Crippen MR) is 89.7 cm³/mol. The van der Waals surface area contributed by atoms with Crippen LogP contribution >= 0.6 is 22.7 Å². The van der Waals surface area contributed by atoms with Crippen LogP contribution in [-0.4, -0.2) is 53.7 Å². The summed E-state index contributed by atoms with van der Waals surface area (Å²) in [6, 6.07) is 1.92. The van der Waals surface area contributed by atoms with Crippen LogP contribution in [0, 0.1) is 0 Å². The zero-order chi connectivity index (χ0) is 15.4. The largest absolute Gasteiger partial charge is 0.395 e. The third-order valence-electron chi connectivity index (χ3n) is 3.36. The molecule has 0 atom stereocenters. The van der Waals surface area contributed by atoms with Crippen LogP contribution < -0.4 is 4.90 Å². The highest BCUT2D eigenvalue weighted by Gasteiger charge is 2.19. The molecule has 0 aromatic carbocycles. The topological polar surface area (TPSA) is 56.7 Å². The summed E-state index contributed by atoms with van der Waals surface area (Å²) in [5, 5.41) is 10.0. The number of carbonyl (C=O) groups is 1. The summed E-state index contributed by atoms with van der Waals surface area (Å²) in [5.74, 6) is -0.0221. The van der Waals surface area contributed by atoms with Gasteiger partial charge in [0.05, 0.1) is 16.2 Å². The zero-order valence-electron chi connectivity index (χ0n) is 12.6. The van der Waals surface area contributed by atoms with Crippen molar-refractivity contribution in [2.24, 2.45) is 0 Å². The van der Waals surface area contributed by atoms with E-state index in [2.05, 4.69) is 23.7 Å². The first-order valence-corrected chi connectivity index (χ1v) is 8.83. The van der Waals surface area contributed by atoms with Gasteiger partial charge in [-0.2, -0.15) is 0 Å². The Labute approximate surface area is 132 Å². The lowest BCUT2D eigenvalue weighted by atomic mass is 10.4. The van der Waals surface area contributed by atoms with Crippen LogP contribution in [0.3, 0.4) is 0 Å². The van der Waals surface area contributed by atoms with Gasteiger partial charge in [0.2, 0.25) is 0 Å². The maximum Gasteiger partial charge on any atom is 0.264 e. The van der Waals surface area contributed by atoms with Crippen LogP contribution in [0.5, 0.6) is 0 Å². The van der Waals surface area contributed by atoms with Crippen molar-refractivity contribution < 1.29 is 9.90 Å². The second-order valence-corrected chi connectivity index (χ2v) is 6.60. The standard InChI is InChI=1S/C14H21N3O2S2/c1-4-16(5-2)14-15-12-10(21-14)9-11(20-12)13(19)17(6-3)7-8-18/h9,18H,4-8H2,1-3H3. The van der Waals surface area contributed by atoms with Crippen molar-refractivity contribution in [3.63, 3.8) is 0 Å². The van der Waals surface area contributed by atoms with Crippen LogP contribution in [0.1, 0.15) is 30.4 Å². The van der Waals surface area contributed by atoms with Gasteiger partial charge in [-0.05, 0) is 26.8 Å². The number of rotatable bonds is 7. The fraction of sp³-hybridized carbons (Fsp3) is 0.571. The number of fused-ring (bicyclic) bond motifs is 1. The maximum atomic E-state index is 12.4. The summed E-state index contributed by atoms with van der Waals surface area (Å²) >= 11 is 3.06. The van der Waals surface area contributed by atoms with Gasteiger partial charge in [0.1, 0.15) is 4.83 Å². The number of hydrogen-bond acceptors (Lipinski definition) is 6. The Morgan fingerprint density at radius 3 is 2.48 bits per heavy atom. The molecule has 0 spiro atoms. The van der Waals surface area contributed by atoms with Crippen LogP contribution in [0.15, 0.2) is 6.07 Å². The summed E-state index contributed by atoms with van der Waals surface area (Å²) in [5.41, 5.74) is 0. The fourth-order valence-electron chi connectivity index (χ4n) is 2.14.